The van der Waals surface area contributed by atoms with E-state index >= 15 is 0 Å². The first kappa shape index (κ1) is 33.8. The minimum absolute atomic E-state index is 0.0257. The molecule has 0 unspecified atom stereocenters. The van der Waals surface area contributed by atoms with Crippen LogP contribution >= 0.6 is 0 Å². The Bertz CT molecular complexity index is 3510. The summed E-state index contributed by atoms with van der Waals surface area (Å²) in [5, 5.41) is 12.8. The summed E-state index contributed by atoms with van der Waals surface area (Å²) < 4.78 is 0. The Kier molecular flexibility index (Phi) is 7.38. The van der Waals surface area contributed by atoms with Crippen LogP contribution in [0.5, 0.6) is 0 Å². The monoisotopic (exact) mass is 748 g/mol. The average molecular weight is 749 g/mol. The van der Waals surface area contributed by atoms with Crippen LogP contribution in [0.25, 0.3) is 109 Å². The molecule has 0 atom stereocenters. The van der Waals surface area contributed by atoms with E-state index in [1.165, 1.54) is 121 Å². The third-order valence-corrected chi connectivity index (χ3v) is 13.2. The third kappa shape index (κ3) is 5.23. The number of rotatable bonds is 4. The molecule has 11 aromatic rings. The van der Waals surface area contributed by atoms with Gasteiger partial charge in [0.2, 0.25) is 0 Å². The molecule has 12 rings (SSSR count). The predicted octanol–water partition coefficient (Wildman–Crippen LogP) is 16.4. The van der Waals surface area contributed by atoms with E-state index in [-0.39, 0.29) is 5.41 Å². The Labute approximate surface area is 344 Å². The van der Waals surface area contributed by atoms with Gasteiger partial charge >= 0.3 is 0 Å². The van der Waals surface area contributed by atoms with Crippen LogP contribution < -0.4 is 0 Å². The number of hydrogen-bond acceptors (Lipinski definition) is 0. The van der Waals surface area contributed by atoms with E-state index in [2.05, 4.69) is 220 Å². The quantitative estimate of drug-likeness (QED) is 0.157. The molecule has 0 radical (unpaired) electrons. The fraction of sp³-hybridized carbons (Fsp3) is 0.0508. The van der Waals surface area contributed by atoms with Gasteiger partial charge in [-0.1, -0.05) is 178 Å². The molecule has 276 valence electrons. The molecule has 11 aromatic carbocycles. The van der Waals surface area contributed by atoms with Gasteiger partial charge in [-0.25, -0.2) is 0 Å². The lowest BCUT2D eigenvalue weighted by molar-refractivity contribution is 0.660. The third-order valence-electron chi connectivity index (χ3n) is 13.2. The molecule has 0 saturated carbocycles. The van der Waals surface area contributed by atoms with Crippen LogP contribution in [0.2, 0.25) is 0 Å². The maximum absolute atomic E-state index is 2.46. The second-order valence-corrected chi connectivity index (χ2v) is 16.9. The second kappa shape index (κ2) is 12.9. The first-order valence-corrected chi connectivity index (χ1v) is 20.7. The van der Waals surface area contributed by atoms with Gasteiger partial charge in [-0.15, -0.1) is 0 Å². The Balaban J connectivity index is 1.02. The van der Waals surface area contributed by atoms with Gasteiger partial charge in [-0.2, -0.15) is 0 Å². The van der Waals surface area contributed by atoms with Crippen molar-refractivity contribution in [3.05, 3.63) is 217 Å². The highest BCUT2D eigenvalue weighted by Crippen LogP contribution is 2.50. The van der Waals surface area contributed by atoms with Gasteiger partial charge in [-0.05, 0) is 163 Å². The summed E-state index contributed by atoms with van der Waals surface area (Å²) >= 11 is 0. The molecule has 0 aromatic heterocycles. The zero-order chi connectivity index (χ0) is 39.2. The number of benzene rings is 11. The van der Waals surface area contributed by atoms with Crippen molar-refractivity contribution in [1.29, 1.82) is 0 Å². The van der Waals surface area contributed by atoms with E-state index in [1.807, 2.05) is 0 Å². The minimum atomic E-state index is -0.0257. The van der Waals surface area contributed by atoms with Crippen LogP contribution in [0.1, 0.15) is 25.0 Å². The predicted molar refractivity (Wildman–Crippen MR) is 253 cm³/mol. The molecule has 0 saturated heterocycles. The molecule has 0 spiro atoms. The van der Waals surface area contributed by atoms with Crippen molar-refractivity contribution in [3.8, 4) is 55.6 Å². The van der Waals surface area contributed by atoms with E-state index in [1.54, 1.807) is 0 Å². The number of hydrogen-bond donors (Lipinski definition) is 0. The van der Waals surface area contributed by atoms with Crippen LogP contribution in [0.4, 0.5) is 0 Å². The fourth-order valence-electron chi connectivity index (χ4n) is 10.2. The smallest absolute Gasteiger partial charge is 0.0159 e. The summed E-state index contributed by atoms with van der Waals surface area (Å²) in [5.41, 5.74) is 15.3. The van der Waals surface area contributed by atoms with Crippen molar-refractivity contribution in [2.45, 2.75) is 19.3 Å². The van der Waals surface area contributed by atoms with Crippen LogP contribution in [0.15, 0.2) is 206 Å². The summed E-state index contributed by atoms with van der Waals surface area (Å²) in [6.07, 6.45) is 0. The zero-order valence-electron chi connectivity index (χ0n) is 33.1. The van der Waals surface area contributed by atoms with E-state index in [4.69, 9.17) is 0 Å². The normalized spacial score (nSPS) is 13.1. The van der Waals surface area contributed by atoms with E-state index in [0.29, 0.717) is 0 Å². The molecule has 1 aliphatic rings. The van der Waals surface area contributed by atoms with Crippen molar-refractivity contribution in [3.63, 3.8) is 0 Å². The molecule has 0 heterocycles. The van der Waals surface area contributed by atoms with Gasteiger partial charge < -0.3 is 0 Å². The van der Waals surface area contributed by atoms with Gasteiger partial charge in [0.1, 0.15) is 0 Å². The molecule has 0 bridgehead atoms. The Morgan fingerprint density at radius 3 is 1.44 bits per heavy atom. The van der Waals surface area contributed by atoms with Crippen LogP contribution in [0.3, 0.4) is 0 Å². The lowest BCUT2D eigenvalue weighted by atomic mass is 9.81. The van der Waals surface area contributed by atoms with Crippen molar-refractivity contribution in [1.82, 2.24) is 0 Å². The Morgan fingerprint density at radius 2 is 0.729 bits per heavy atom. The minimum Gasteiger partial charge on any atom is -0.0622 e. The highest BCUT2D eigenvalue weighted by molar-refractivity contribution is 6.33. The van der Waals surface area contributed by atoms with Gasteiger partial charge in [0, 0.05) is 5.41 Å². The van der Waals surface area contributed by atoms with Crippen molar-refractivity contribution in [2.75, 3.05) is 0 Å². The number of fused-ring (bicyclic) bond motifs is 12. The largest absolute Gasteiger partial charge is 0.0622 e. The molecule has 0 aliphatic heterocycles. The summed E-state index contributed by atoms with van der Waals surface area (Å²) in [4.78, 5) is 0. The fourth-order valence-corrected chi connectivity index (χ4v) is 10.2. The molecule has 0 fully saturated rings. The molecule has 0 N–H and O–H groups in total. The van der Waals surface area contributed by atoms with Crippen LogP contribution in [-0.2, 0) is 5.41 Å². The second-order valence-electron chi connectivity index (χ2n) is 16.9. The summed E-state index contributed by atoms with van der Waals surface area (Å²) in [6, 6.07) is 77.1. The van der Waals surface area contributed by atoms with Gasteiger partial charge in [-0.3, -0.25) is 0 Å². The van der Waals surface area contributed by atoms with E-state index in [0.717, 1.165) is 0 Å². The van der Waals surface area contributed by atoms with Gasteiger partial charge in [0.05, 0.1) is 0 Å². The molecule has 1 aliphatic carbocycles. The Hall–Kier alpha value is -7.28. The summed E-state index contributed by atoms with van der Waals surface area (Å²) in [5.74, 6) is 0. The highest BCUT2D eigenvalue weighted by Gasteiger charge is 2.35. The average Bonchev–Trinajstić information content (AvgIpc) is 3.53. The van der Waals surface area contributed by atoms with E-state index < -0.39 is 0 Å². The van der Waals surface area contributed by atoms with Crippen molar-refractivity contribution >= 4 is 53.9 Å². The maximum atomic E-state index is 2.46. The molecular formula is C59H40. The summed E-state index contributed by atoms with van der Waals surface area (Å²) in [6.45, 7) is 4.71. The van der Waals surface area contributed by atoms with E-state index in [9.17, 15) is 0 Å². The highest BCUT2D eigenvalue weighted by atomic mass is 14.4. The molecule has 0 nitrogen and oxygen atoms in total. The molecular weight excluding hydrogens is 709 g/mol. The van der Waals surface area contributed by atoms with Gasteiger partial charge in [0.15, 0.2) is 0 Å². The van der Waals surface area contributed by atoms with Gasteiger partial charge in [0.25, 0.3) is 0 Å². The first-order valence-electron chi connectivity index (χ1n) is 20.7. The lowest BCUT2D eigenvalue weighted by Gasteiger charge is -2.22. The maximum Gasteiger partial charge on any atom is 0.0159 e. The SMILES string of the molecule is CC1(C)c2ccccc2-c2ccc(-c3ccc4cc(-c5cc(-c6ccccc6)cc(-c6cc7c8ccccc8c8ccccc8c7c7ccccc67)c5)ccc4c3)cc21. The van der Waals surface area contributed by atoms with Crippen LogP contribution in [-0.4, -0.2) is 0 Å². The van der Waals surface area contributed by atoms with Crippen molar-refractivity contribution < 1.29 is 0 Å². The van der Waals surface area contributed by atoms with Crippen LogP contribution in [0, 0.1) is 0 Å². The first-order chi connectivity index (χ1) is 29.0. The standard InChI is InChI=1S/C59H40/c1-59(2)56-23-13-12-20-50(56)51-29-28-42(35-57(51)59)40-25-24-39-31-41(27-26-38(39)30-40)44-32-43(37-14-4-3-5-15-37)33-45(34-44)54-36-55-48-18-7-6-16-46(48)47-17-8-10-21-52(47)58(55)53-22-11-9-19-49(53)54/h3-36H,1-2H3. The molecule has 0 amide bonds. The molecule has 0 heteroatoms. The topological polar surface area (TPSA) is 0 Å². The van der Waals surface area contributed by atoms with Crippen molar-refractivity contribution in [2.24, 2.45) is 0 Å². The lowest BCUT2D eigenvalue weighted by Crippen LogP contribution is -2.14. The summed E-state index contributed by atoms with van der Waals surface area (Å²) in [7, 11) is 0. The Morgan fingerprint density at radius 1 is 0.254 bits per heavy atom. The molecule has 59 heavy (non-hydrogen) atoms. The zero-order valence-corrected chi connectivity index (χ0v) is 33.1.